The van der Waals surface area contributed by atoms with Gasteiger partial charge in [-0.3, -0.25) is 4.79 Å². The first kappa shape index (κ1) is 20.4. The maximum Gasteiger partial charge on any atom is 0.277 e. The third-order valence-electron chi connectivity index (χ3n) is 4.37. The third kappa shape index (κ3) is 5.38. The number of hydrogen-bond acceptors (Lipinski definition) is 4. The van der Waals surface area contributed by atoms with Crippen LogP contribution in [0, 0.1) is 0 Å². The minimum Gasteiger partial charge on any atom is -0.484 e. The van der Waals surface area contributed by atoms with Crippen LogP contribution in [0.5, 0.6) is 5.75 Å². The molecule has 0 aliphatic carbocycles. The molecule has 0 saturated carbocycles. The molecule has 1 N–H and O–H groups in total. The number of ether oxygens (including phenoxy) is 1. The normalized spacial score (nSPS) is 10.9. The summed E-state index contributed by atoms with van der Waals surface area (Å²) in [6.45, 7) is -0.174. The molecule has 0 aliphatic heterocycles. The Hall–Kier alpha value is -3.90. The van der Waals surface area contributed by atoms with Crippen LogP contribution in [0.1, 0.15) is 5.56 Å². The first-order chi connectivity index (χ1) is 15.2. The summed E-state index contributed by atoms with van der Waals surface area (Å²) < 4.78 is 7.21. The maximum atomic E-state index is 12.1. The summed E-state index contributed by atoms with van der Waals surface area (Å²) in [6, 6.07) is 26.5. The number of halogens is 1. The lowest BCUT2D eigenvalue weighted by molar-refractivity contribution is -0.123. The number of carbonyl (C=O) groups is 1. The molecule has 0 spiro atoms. The van der Waals surface area contributed by atoms with E-state index in [1.165, 1.54) is 0 Å². The van der Waals surface area contributed by atoms with Gasteiger partial charge in [-0.1, -0.05) is 66.2 Å². The van der Waals surface area contributed by atoms with Crippen LogP contribution in [0.4, 0.5) is 0 Å². The van der Waals surface area contributed by atoms with E-state index in [1.807, 2.05) is 66.9 Å². The molecule has 1 amide bonds. The van der Waals surface area contributed by atoms with Gasteiger partial charge in [0, 0.05) is 22.3 Å². The van der Waals surface area contributed by atoms with Crippen LogP contribution in [0.3, 0.4) is 0 Å². The summed E-state index contributed by atoms with van der Waals surface area (Å²) in [7, 11) is 0. The van der Waals surface area contributed by atoms with E-state index in [-0.39, 0.29) is 12.5 Å². The van der Waals surface area contributed by atoms with Crippen LogP contribution >= 0.6 is 11.6 Å². The Morgan fingerprint density at radius 2 is 1.77 bits per heavy atom. The first-order valence-electron chi connectivity index (χ1n) is 9.60. The van der Waals surface area contributed by atoms with Crippen molar-refractivity contribution in [1.82, 2.24) is 15.2 Å². The highest BCUT2D eigenvalue weighted by Gasteiger charge is 2.11. The smallest absolute Gasteiger partial charge is 0.277 e. The predicted octanol–water partition coefficient (Wildman–Crippen LogP) is 4.72. The topological polar surface area (TPSA) is 68.5 Å². The van der Waals surface area contributed by atoms with Gasteiger partial charge in [-0.2, -0.15) is 10.2 Å². The van der Waals surface area contributed by atoms with Crippen LogP contribution in [0.15, 0.2) is 96.2 Å². The molecule has 0 bridgehead atoms. The van der Waals surface area contributed by atoms with Gasteiger partial charge in [0.1, 0.15) is 11.4 Å². The average molecular weight is 431 g/mol. The Morgan fingerprint density at radius 3 is 2.52 bits per heavy atom. The molecular weight excluding hydrogens is 412 g/mol. The summed E-state index contributed by atoms with van der Waals surface area (Å²) in [6.07, 6.45) is 3.45. The molecule has 0 aliphatic rings. The molecule has 0 fully saturated rings. The second kappa shape index (κ2) is 9.73. The highest BCUT2D eigenvalue weighted by atomic mass is 35.5. The molecule has 0 saturated heterocycles. The van der Waals surface area contributed by atoms with Gasteiger partial charge >= 0.3 is 0 Å². The van der Waals surface area contributed by atoms with E-state index in [4.69, 9.17) is 21.4 Å². The lowest BCUT2D eigenvalue weighted by Gasteiger charge is -2.04. The highest BCUT2D eigenvalue weighted by Crippen LogP contribution is 2.22. The van der Waals surface area contributed by atoms with Crippen molar-refractivity contribution in [3.05, 3.63) is 102 Å². The monoisotopic (exact) mass is 430 g/mol. The minimum atomic E-state index is -0.382. The van der Waals surface area contributed by atoms with Gasteiger partial charge in [0.25, 0.3) is 5.91 Å². The molecule has 4 rings (SSSR count). The van der Waals surface area contributed by atoms with Crippen LogP contribution in [0.25, 0.3) is 16.9 Å². The Labute approximate surface area is 184 Å². The van der Waals surface area contributed by atoms with E-state index in [0.717, 1.165) is 22.5 Å². The van der Waals surface area contributed by atoms with E-state index in [0.29, 0.717) is 10.8 Å². The standard InChI is InChI=1S/C24H19ClN4O2/c25-20-10-7-13-22(14-20)31-17-23(30)27-26-15-19-16-29(21-11-5-2-6-12-21)28-24(19)18-8-3-1-4-9-18/h1-16H,17H2,(H,27,30)/b26-15+. The van der Waals surface area contributed by atoms with Crippen molar-refractivity contribution in [2.24, 2.45) is 5.10 Å². The lowest BCUT2D eigenvalue weighted by Crippen LogP contribution is -2.24. The maximum absolute atomic E-state index is 12.1. The van der Waals surface area contributed by atoms with Gasteiger partial charge in [-0.15, -0.1) is 0 Å². The van der Waals surface area contributed by atoms with E-state index in [2.05, 4.69) is 10.5 Å². The second-order valence-electron chi connectivity index (χ2n) is 6.62. The van der Waals surface area contributed by atoms with Crippen LogP contribution in [-0.2, 0) is 4.79 Å². The largest absolute Gasteiger partial charge is 0.484 e. The average Bonchev–Trinajstić information content (AvgIpc) is 3.23. The quantitative estimate of drug-likeness (QED) is 0.340. The zero-order chi connectivity index (χ0) is 21.5. The molecule has 1 aromatic heterocycles. The number of amides is 1. The number of benzene rings is 3. The molecule has 1 heterocycles. The number of hydrazone groups is 1. The molecule has 4 aromatic rings. The Morgan fingerprint density at radius 1 is 1.03 bits per heavy atom. The fourth-order valence-electron chi connectivity index (χ4n) is 2.93. The lowest BCUT2D eigenvalue weighted by atomic mass is 10.1. The fraction of sp³-hybridized carbons (Fsp3) is 0.0417. The van der Waals surface area contributed by atoms with E-state index in [9.17, 15) is 4.79 Å². The number of nitrogens with zero attached hydrogens (tertiary/aromatic N) is 3. The molecular formula is C24H19ClN4O2. The molecule has 31 heavy (non-hydrogen) atoms. The van der Waals surface area contributed by atoms with Crippen LogP contribution < -0.4 is 10.2 Å². The number of hydrogen-bond donors (Lipinski definition) is 1. The van der Waals surface area contributed by atoms with Crippen LogP contribution in [-0.4, -0.2) is 28.5 Å². The molecule has 0 atom stereocenters. The van der Waals surface area contributed by atoms with Crippen molar-refractivity contribution in [2.75, 3.05) is 6.61 Å². The molecule has 6 nitrogen and oxygen atoms in total. The Kier molecular flexibility index (Phi) is 6.40. The van der Waals surface area contributed by atoms with Gasteiger partial charge in [-0.25, -0.2) is 10.1 Å². The van der Waals surface area contributed by atoms with Crippen LogP contribution in [0.2, 0.25) is 5.02 Å². The van der Waals surface area contributed by atoms with E-state index < -0.39 is 0 Å². The number of nitrogens with one attached hydrogen (secondary N) is 1. The number of para-hydroxylation sites is 1. The van der Waals surface area contributed by atoms with Gasteiger partial charge in [0.2, 0.25) is 0 Å². The van der Waals surface area contributed by atoms with Crippen molar-refractivity contribution in [3.8, 4) is 22.7 Å². The SMILES string of the molecule is O=C(COc1cccc(Cl)c1)N/N=C/c1cn(-c2ccccc2)nc1-c1ccccc1. The summed E-state index contributed by atoms with van der Waals surface area (Å²) >= 11 is 5.91. The zero-order valence-corrected chi connectivity index (χ0v) is 17.2. The summed E-state index contributed by atoms with van der Waals surface area (Å²) in [4.78, 5) is 12.1. The summed E-state index contributed by atoms with van der Waals surface area (Å²) in [5.74, 6) is 0.134. The van der Waals surface area contributed by atoms with Crippen molar-refractivity contribution >= 4 is 23.7 Å². The summed E-state index contributed by atoms with van der Waals surface area (Å²) in [5.41, 5.74) is 5.89. The van der Waals surface area contributed by atoms with Crippen molar-refractivity contribution in [2.45, 2.75) is 0 Å². The van der Waals surface area contributed by atoms with Gasteiger partial charge < -0.3 is 4.74 Å². The Bertz CT molecular complexity index is 1190. The predicted molar refractivity (Wildman–Crippen MR) is 122 cm³/mol. The minimum absolute atomic E-state index is 0.174. The van der Waals surface area contributed by atoms with Gasteiger partial charge in [0.05, 0.1) is 11.9 Å². The Balaban J connectivity index is 1.48. The van der Waals surface area contributed by atoms with Crippen molar-refractivity contribution in [1.29, 1.82) is 0 Å². The molecule has 154 valence electrons. The molecule has 0 unspecified atom stereocenters. The number of rotatable bonds is 7. The highest BCUT2D eigenvalue weighted by molar-refractivity contribution is 6.30. The third-order valence-corrected chi connectivity index (χ3v) is 4.60. The molecule has 0 radical (unpaired) electrons. The van der Waals surface area contributed by atoms with Crippen molar-refractivity contribution in [3.63, 3.8) is 0 Å². The zero-order valence-electron chi connectivity index (χ0n) is 16.5. The summed E-state index contributed by atoms with van der Waals surface area (Å²) in [5, 5.41) is 9.33. The van der Waals surface area contributed by atoms with Crippen molar-refractivity contribution < 1.29 is 9.53 Å². The number of aromatic nitrogens is 2. The van der Waals surface area contributed by atoms with Gasteiger partial charge in [0.15, 0.2) is 6.61 Å². The van der Waals surface area contributed by atoms with E-state index >= 15 is 0 Å². The van der Waals surface area contributed by atoms with Gasteiger partial charge in [-0.05, 0) is 30.3 Å². The fourth-order valence-corrected chi connectivity index (χ4v) is 3.11. The van der Waals surface area contributed by atoms with E-state index in [1.54, 1.807) is 35.2 Å². The first-order valence-corrected chi connectivity index (χ1v) is 9.97. The number of carbonyl (C=O) groups excluding carboxylic acids is 1. The molecule has 7 heteroatoms. The molecule has 3 aromatic carbocycles. The second-order valence-corrected chi connectivity index (χ2v) is 7.05.